The number of nitrogens with zero attached hydrogens (tertiary/aromatic N) is 4. The van der Waals surface area contributed by atoms with Crippen LogP contribution in [0.15, 0.2) is 30.6 Å². The van der Waals surface area contributed by atoms with Crippen molar-refractivity contribution in [2.75, 3.05) is 0 Å². The van der Waals surface area contributed by atoms with Gasteiger partial charge in [0, 0.05) is 17.8 Å². The molecule has 0 saturated heterocycles. The third-order valence-corrected chi connectivity index (χ3v) is 2.38. The van der Waals surface area contributed by atoms with Crippen molar-refractivity contribution in [1.29, 1.82) is 0 Å². The lowest BCUT2D eigenvalue weighted by Crippen LogP contribution is -2.15. The van der Waals surface area contributed by atoms with Crippen LogP contribution in [0.1, 0.15) is 10.6 Å². The van der Waals surface area contributed by atoms with Crippen molar-refractivity contribution in [2.24, 2.45) is 5.73 Å². The molecule has 0 radical (unpaired) electrons. The number of pyridine rings is 2. The van der Waals surface area contributed by atoms with Gasteiger partial charge in [-0.05, 0) is 18.2 Å². The van der Waals surface area contributed by atoms with Gasteiger partial charge in [-0.2, -0.15) is 0 Å². The first-order valence-electron chi connectivity index (χ1n) is 4.65. The third-order valence-electron chi connectivity index (χ3n) is 2.38. The molecule has 78 valence electrons. The molecule has 0 aliphatic rings. The van der Waals surface area contributed by atoms with Crippen LogP contribution in [0.2, 0.25) is 0 Å². The van der Waals surface area contributed by atoms with Crippen LogP contribution in [0.3, 0.4) is 0 Å². The lowest BCUT2D eigenvalue weighted by molar-refractivity contribution is 0.0989. The summed E-state index contributed by atoms with van der Waals surface area (Å²) in [6.07, 6.45) is 3.38. The third kappa shape index (κ3) is 1.07. The van der Waals surface area contributed by atoms with E-state index in [2.05, 4.69) is 15.2 Å². The number of rotatable bonds is 1. The maximum Gasteiger partial charge on any atom is 0.287 e. The van der Waals surface area contributed by atoms with E-state index in [1.165, 1.54) is 0 Å². The predicted octanol–water partition coefficient (Wildman–Crippen LogP) is 0.376. The van der Waals surface area contributed by atoms with E-state index >= 15 is 0 Å². The molecule has 0 bridgehead atoms. The summed E-state index contributed by atoms with van der Waals surface area (Å²) in [6.45, 7) is 0. The van der Waals surface area contributed by atoms with Crippen molar-refractivity contribution in [2.45, 2.75) is 0 Å². The monoisotopic (exact) mass is 213 g/mol. The Morgan fingerprint density at radius 1 is 1.31 bits per heavy atom. The van der Waals surface area contributed by atoms with Gasteiger partial charge in [0.05, 0.1) is 5.52 Å². The maximum absolute atomic E-state index is 11.1. The number of aromatic nitrogens is 4. The van der Waals surface area contributed by atoms with E-state index in [4.69, 9.17) is 5.73 Å². The Morgan fingerprint density at radius 3 is 3.00 bits per heavy atom. The summed E-state index contributed by atoms with van der Waals surface area (Å²) < 4.78 is 1.56. The number of hydrogen-bond donors (Lipinski definition) is 1. The van der Waals surface area contributed by atoms with E-state index in [1.807, 2.05) is 6.07 Å². The highest BCUT2D eigenvalue weighted by Crippen LogP contribution is 2.16. The highest BCUT2D eigenvalue weighted by Gasteiger charge is 2.12. The number of hydrogen-bond acceptors (Lipinski definition) is 4. The molecule has 0 aromatic carbocycles. The molecular formula is C10H7N5O. The van der Waals surface area contributed by atoms with Crippen molar-refractivity contribution in [3.05, 3.63) is 36.4 Å². The summed E-state index contributed by atoms with van der Waals surface area (Å²) in [4.78, 5) is 15.3. The summed E-state index contributed by atoms with van der Waals surface area (Å²) in [5.74, 6) is -0.475. The van der Waals surface area contributed by atoms with Crippen LogP contribution in [0.25, 0.3) is 16.6 Å². The number of nitrogens with two attached hydrogens (primary N) is 1. The molecule has 6 nitrogen and oxygen atoms in total. The molecule has 3 aromatic heterocycles. The lowest BCUT2D eigenvalue weighted by Gasteiger charge is -1.99. The molecule has 3 rings (SSSR count). The average molecular weight is 213 g/mol. The zero-order valence-corrected chi connectivity index (χ0v) is 8.16. The molecule has 0 aliphatic heterocycles. The molecule has 0 atom stereocenters. The highest BCUT2D eigenvalue weighted by atomic mass is 16.1. The van der Waals surface area contributed by atoms with Gasteiger partial charge in [0.25, 0.3) is 5.91 Å². The van der Waals surface area contributed by atoms with Gasteiger partial charge in [0.1, 0.15) is 0 Å². The van der Waals surface area contributed by atoms with Crippen molar-refractivity contribution >= 4 is 22.5 Å². The second-order valence-electron chi connectivity index (χ2n) is 3.33. The SMILES string of the molecule is NC(=O)c1nnc2c3cccnc3ccn12. The van der Waals surface area contributed by atoms with Crippen LogP contribution < -0.4 is 5.73 Å². The van der Waals surface area contributed by atoms with Gasteiger partial charge >= 0.3 is 0 Å². The Labute approximate surface area is 89.7 Å². The fraction of sp³-hybridized carbons (Fsp3) is 0. The van der Waals surface area contributed by atoms with Gasteiger partial charge in [-0.15, -0.1) is 10.2 Å². The molecule has 3 heterocycles. The zero-order chi connectivity index (χ0) is 11.1. The highest BCUT2D eigenvalue weighted by molar-refractivity contribution is 5.95. The fourth-order valence-corrected chi connectivity index (χ4v) is 1.67. The van der Waals surface area contributed by atoms with Crippen molar-refractivity contribution in [3.63, 3.8) is 0 Å². The first kappa shape index (κ1) is 8.78. The Kier molecular flexibility index (Phi) is 1.64. The van der Waals surface area contributed by atoms with Crippen LogP contribution >= 0.6 is 0 Å². The second-order valence-corrected chi connectivity index (χ2v) is 3.33. The fourth-order valence-electron chi connectivity index (χ4n) is 1.67. The molecule has 0 spiro atoms. The molecule has 0 unspecified atom stereocenters. The molecule has 0 fully saturated rings. The van der Waals surface area contributed by atoms with E-state index in [0.29, 0.717) is 5.65 Å². The van der Waals surface area contributed by atoms with E-state index in [9.17, 15) is 4.79 Å². The average Bonchev–Trinajstić information content (AvgIpc) is 2.73. The van der Waals surface area contributed by atoms with Gasteiger partial charge in [-0.25, -0.2) is 0 Å². The van der Waals surface area contributed by atoms with Gasteiger partial charge in [0.2, 0.25) is 5.82 Å². The maximum atomic E-state index is 11.1. The standard InChI is InChI=1S/C10H7N5O/c11-8(16)10-14-13-9-6-2-1-4-12-7(6)3-5-15(9)10/h1-5H,(H2,11,16). The van der Waals surface area contributed by atoms with Gasteiger partial charge in [-0.3, -0.25) is 14.2 Å². The van der Waals surface area contributed by atoms with Gasteiger partial charge in [-0.1, -0.05) is 0 Å². The number of amides is 1. The summed E-state index contributed by atoms with van der Waals surface area (Å²) in [5, 5.41) is 8.53. The second kappa shape index (κ2) is 2.99. The topological polar surface area (TPSA) is 86.2 Å². The molecule has 1 amide bonds. The number of primary amides is 1. The Balaban J connectivity index is 2.49. The smallest absolute Gasteiger partial charge is 0.287 e. The minimum atomic E-state index is -0.601. The summed E-state index contributed by atoms with van der Waals surface area (Å²) in [7, 11) is 0. The molecule has 3 aromatic rings. The van der Waals surface area contributed by atoms with Gasteiger partial charge < -0.3 is 5.73 Å². The minimum Gasteiger partial charge on any atom is -0.363 e. The largest absolute Gasteiger partial charge is 0.363 e. The van der Waals surface area contributed by atoms with E-state index in [1.54, 1.807) is 28.9 Å². The Bertz CT molecular complexity index is 703. The minimum absolute atomic E-state index is 0.126. The first-order chi connectivity index (χ1) is 7.77. The van der Waals surface area contributed by atoms with Crippen LogP contribution in [0, 0.1) is 0 Å². The first-order valence-corrected chi connectivity index (χ1v) is 4.65. The van der Waals surface area contributed by atoms with Crippen molar-refractivity contribution < 1.29 is 4.79 Å². The van der Waals surface area contributed by atoms with Crippen LogP contribution in [-0.2, 0) is 0 Å². The number of carbonyl (C=O) groups is 1. The molecule has 16 heavy (non-hydrogen) atoms. The predicted molar refractivity (Wildman–Crippen MR) is 56.8 cm³/mol. The summed E-state index contributed by atoms with van der Waals surface area (Å²) in [5.41, 5.74) is 6.58. The van der Waals surface area contributed by atoms with E-state index in [-0.39, 0.29) is 5.82 Å². The normalized spacial score (nSPS) is 11.0. The van der Waals surface area contributed by atoms with E-state index in [0.717, 1.165) is 10.9 Å². The molecule has 6 heteroatoms. The van der Waals surface area contributed by atoms with Crippen LogP contribution in [0.4, 0.5) is 0 Å². The van der Waals surface area contributed by atoms with E-state index < -0.39 is 5.91 Å². The quantitative estimate of drug-likeness (QED) is 0.633. The van der Waals surface area contributed by atoms with Crippen LogP contribution in [-0.4, -0.2) is 25.5 Å². The summed E-state index contributed by atoms with van der Waals surface area (Å²) in [6, 6.07) is 5.47. The molecule has 2 N–H and O–H groups in total. The summed E-state index contributed by atoms with van der Waals surface area (Å²) >= 11 is 0. The zero-order valence-electron chi connectivity index (χ0n) is 8.16. The van der Waals surface area contributed by atoms with Gasteiger partial charge in [0.15, 0.2) is 5.65 Å². The van der Waals surface area contributed by atoms with Crippen LogP contribution in [0.5, 0.6) is 0 Å². The Morgan fingerprint density at radius 2 is 2.19 bits per heavy atom. The lowest BCUT2D eigenvalue weighted by atomic mass is 10.2. The number of carbonyl (C=O) groups excluding carboxylic acids is 1. The number of fused-ring (bicyclic) bond motifs is 3. The van der Waals surface area contributed by atoms with Crippen molar-refractivity contribution in [1.82, 2.24) is 19.6 Å². The Hall–Kier alpha value is -2.50. The molecule has 0 saturated carbocycles. The molecule has 0 aliphatic carbocycles. The van der Waals surface area contributed by atoms with Crippen molar-refractivity contribution in [3.8, 4) is 0 Å². The molecular weight excluding hydrogens is 206 g/mol.